The Hall–Kier alpha value is -4.03. The zero-order chi connectivity index (χ0) is 21.9. The number of rotatable bonds is 1. The molecular formula is C23H21N7O2. The van der Waals surface area contributed by atoms with Gasteiger partial charge in [0, 0.05) is 48.8 Å². The van der Waals surface area contributed by atoms with Crippen LogP contribution in [0, 0.1) is 11.8 Å². The fourth-order valence-corrected chi connectivity index (χ4v) is 3.64. The third-order valence-electron chi connectivity index (χ3n) is 5.27. The molecule has 1 aliphatic heterocycles. The van der Waals surface area contributed by atoms with Gasteiger partial charge < -0.3 is 15.4 Å². The maximum absolute atomic E-state index is 12.3. The smallest absolute Gasteiger partial charge is 0.225 e. The Morgan fingerprint density at radius 3 is 2.97 bits per heavy atom. The van der Waals surface area contributed by atoms with E-state index in [1.165, 1.54) is 0 Å². The van der Waals surface area contributed by atoms with Gasteiger partial charge in [-0.2, -0.15) is 0 Å². The molecule has 4 heterocycles. The minimum Gasteiger partial charge on any atom is -0.380 e. The van der Waals surface area contributed by atoms with Crippen molar-refractivity contribution in [3.63, 3.8) is 0 Å². The maximum atomic E-state index is 12.3. The van der Waals surface area contributed by atoms with Crippen molar-refractivity contribution in [1.29, 1.82) is 0 Å². The Balaban J connectivity index is 1.63. The average molecular weight is 427 g/mol. The van der Waals surface area contributed by atoms with Gasteiger partial charge in [0.15, 0.2) is 0 Å². The zero-order valence-corrected chi connectivity index (χ0v) is 17.6. The summed E-state index contributed by atoms with van der Waals surface area (Å²) in [5.74, 6) is 7.52. The van der Waals surface area contributed by atoms with Crippen LogP contribution in [0.3, 0.4) is 0 Å². The number of carbonyl (C=O) groups excluding carboxylic acids is 1. The lowest BCUT2D eigenvalue weighted by Crippen LogP contribution is -2.14. The van der Waals surface area contributed by atoms with Gasteiger partial charge in [-0.3, -0.25) is 4.79 Å². The fourth-order valence-electron chi connectivity index (χ4n) is 3.64. The first-order valence-electron chi connectivity index (χ1n) is 10.4. The molecule has 4 bridgehead atoms. The van der Waals surface area contributed by atoms with Crippen LogP contribution >= 0.6 is 0 Å². The highest BCUT2D eigenvalue weighted by Crippen LogP contribution is 2.26. The summed E-state index contributed by atoms with van der Waals surface area (Å²) in [5, 5.41) is 16.1. The topological polar surface area (TPSA) is 107 Å². The molecule has 0 spiro atoms. The van der Waals surface area contributed by atoms with Gasteiger partial charge >= 0.3 is 0 Å². The van der Waals surface area contributed by atoms with E-state index in [0.29, 0.717) is 44.2 Å². The summed E-state index contributed by atoms with van der Waals surface area (Å²) in [6, 6.07) is 7.66. The van der Waals surface area contributed by atoms with Crippen LogP contribution in [0.4, 0.5) is 11.6 Å². The van der Waals surface area contributed by atoms with Crippen molar-refractivity contribution in [2.24, 2.45) is 0 Å². The van der Waals surface area contributed by atoms with E-state index in [1.807, 2.05) is 28.9 Å². The van der Waals surface area contributed by atoms with Crippen molar-refractivity contribution in [1.82, 2.24) is 25.0 Å². The second kappa shape index (κ2) is 8.61. The summed E-state index contributed by atoms with van der Waals surface area (Å²) in [5.41, 5.74) is 3.30. The predicted molar refractivity (Wildman–Crippen MR) is 121 cm³/mol. The number of aromatic nitrogens is 5. The molecule has 3 aromatic heterocycles. The van der Waals surface area contributed by atoms with Gasteiger partial charge in [-0.1, -0.05) is 17.1 Å². The highest BCUT2D eigenvalue weighted by molar-refractivity contribution is 5.98. The predicted octanol–water partition coefficient (Wildman–Crippen LogP) is 2.56. The molecule has 0 fully saturated rings. The molecule has 0 radical (unpaired) electrons. The first-order valence-corrected chi connectivity index (χ1v) is 10.4. The quantitative estimate of drug-likeness (QED) is 0.450. The van der Waals surface area contributed by atoms with Crippen LogP contribution in [0.5, 0.6) is 0 Å². The molecule has 160 valence electrons. The summed E-state index contributed by atoms with van der Waals surface area (Å²) >= 11 is 0. The Kier molecular flexibility index (Phi) is 5.35. The van der Waals surface area contributed by atoms with Gasteiger partial charge in [-0.25, -0.2) is 14.6 Å². The number of nitrogens with one attached hydrogen (secondary N) is 2. The third-order valence-corrected chi connectivity index (χ3v) is 5.27. The largest absolute Gasteiger partial charge is 0.380 e. The summed E-state index contributed by atoms with van der Waals surface area (Å²) < 4.78 is 7.49. The van der Waals surface area contributed by atoms with E-state index >= 15 is 0 Å². The number of ether oxygens (including phenoxy) is 1. The number of fused-ring (bicyclic) bond motifs is 2. The molecule has 0 unspecified atom stereocenters. The lowest BCUT2D eigenvalue weighted by molar-refractivity contribution is -0.116. The molecule has 0 saturated carbocycles. The molecule has 1 aliphatic rings. The minimum atomic E-state index is -0.106. The lowest BCUT2D eigenvalue weighted by Gasteiger charge is -2.10. The van der Waals surface area contributed by atoms with E-state index < -0.39 is 0 Å². The summed E-state index contributed by atoms with van der Waals surface area (Å²) in [6.07, 6.45) is 4.39. The molecule has 5 rings (SSSR count). The van der Waals surface area contributed by atoms with E-state index in [9.17, 15) is 4.79 Å². The van der Waals surface area contributed by atoms with Crippen LogP contribution in [-0.2, 0) is 16.1 Å². The molecular weight excluding hydrogens is 406 g/mol. The number of benzene rings is 1. The number of nitrogens with zero attached hydrogens (tertiary/aromatic N) is 5. The van der Waals surface area contributed by atoms with Gasteiger partial charge in [-0.15, -0.1) is 5.10 Å². The average Bonchev–Trinajstić information content (AvgIpc) is 3.21. The van der Waals surface area contributed by atoms with Gasteiger partial charge in [0.2, 0.25) is 5.91 Å². The molecule has 2 N–H and O–H groups in total. The van der Waals surface area contributed by atoms with E-state index in [4.69, 9.17) is 4.74 Å². The second-order valence-corrected chi connectivity index (χ2v) is 7.42. The van der Waals surface area contributed by atoms with Crippen molar-refractivity contribution in [2.45, 2.75) is 19.4 Å². The molecule has 32 heavy (non-hydrogen) atoms. The van der Waals surface area contributed by atoms with Crippen molar-refractivity contribution in [3.8, 4) is 11.8 Å². The minimum absolute atomic E-state index is 0.106. The molecule has 0 saturated heterocycles. The normalized spacial score (nSPS) is 14.6. The van der Waals surface area contributed by atoms with Crippen LogP contribution in [0.2, 0.25) is 0 Å². The van der Waals surface area contributed by atoms with Gasteiger partial charge in [0.25, 0.3) is 0 Å². The lowest BCUT2D eigenvalue weighted by atomic mass is 10.1. The first-order chi connectivity index (χ1) is 15.7. The van der Waals surface area contributed by atoms with Gasteiger partial charge in [-0.05, 0) is 30.7 Å². The van der Waals surface area contributed by atoms with Crippen molar-refractivity contribution < 1.29 is 9.53 Å². The molecule has 0 atom stereocenters. The Labute approximate surface area is 184 Å². The third kappa shape index (κ3) is 3.96. The van der Waals surface area contributed by atoms with E-state index in [0.717, 1.165) is 32.9 Å². The standard InChI is InChI=1S/C23H21N7O2/c1-24-23-18-14-25-21-12-17(18)16(13-26-23)6-4-15-5-7-19-20(11-15)30(29-28-19)8-10-32-9-2-3-22(31)27-21/h5,7,11-14H,2-3,8-10H2,1H3,(H,24,26)(H,25,27,31). The molecule has 4 aromatic rings. The zero-order valence-electron chi connectivity index (χ0n) is 17.6. The van der Waals surface area contributed by atoms with Crippen LogP contribution in [-0.4, -0.2) is 51.1 Å². The van der Waals surface area contributed by atoms with Gasteiger partial charge in [0.1, 0.15) is 17.2 Å². The fraction of sp³-hybridized carbons (Fsp3) is 0.261. The number of amides is 1. The Morgan fingerprint density at radius 2 is 2.06 bits per heavy atom. The monoisotopic (exact) mass is 427 g/mol. The van der Waals surface area contributed by atoms with E-state index in [-0.39, 0.29) is 5.91 Å². The molecule has 1 amide bonds. The molecule has 0 aliphatic carbocycles. The van der Waals surface area contributed by atoms with Crippen molar-refractivity contribution >= 4 is 39.3 Å². The van der Waals surface area contributed by atoms with Crippen LogP contribution in [0.15, 0.2) is 36.7 Å². The van der Waals surface area contributed by atoms with Crippen LogP contribution in [0.1, 0.15) is 24.0 Å². The highest BCUT2D eigenvalue weighted by Gasteiger charge is 2.11. The number of hydrogen-bond acceptors (Lipinski definition) is 7. The number of pyridine rings is 2. The Morgan fingerprint density at radius 1 is 1.12 bits per heavy atom. The second-order valence-electron chi connectivity index (χ2n) is 7.42. The van der Waals surface area contributed by atoms with E-state index in [2.05, 4.69) is 42.8 Å². The SMILES string of the molecule is CNc1ncc2c3cc(ncc13)NC(=O)CCCOCCn1nnc3ccc(cc31)C#C2. The summed E-state index contributed by atoms with van der Waals surface area (Å²) in [4.78, 5) is 21.2. The number of carbonyl (C=O) groups is 1. The Bertz CT molecular complexity index is 1380. The molecule has 9 heteroatoms. The summed E-state index contributed by atoms with van der Waals surface area (Å²) in [7, 11) is 1.81. The van der Waals surface area contributed by atoms with Crippen LogP contribution < -0.4 is 10.6 Å². The number of anilines is 2. The molecule has 9 nitrogen and oxygen atoms in total. The van der Waals surface area contributed by atoms with Crippen LogP contribution in [0.25, 0.3) is 21.8 Å². The van der Waals surface area contributed by atoms with Gasteiger partial charge in [0.05, 0.1) is 24.2 Å². The summed E-state index contributed by atoms with van der Waals surface area (Å²) in [6.45, 7) is 1.55. The maximum Gasteiger partial charge on any atom is 0.225 e. The molecule has 1 aromatic carbocycles. The van der Waals surface area contributed by atoms with E-state index in [1.54, 1.807) is 19.4 Å². The first kappa shape index (κ1) is 19.9. The van der Waals surface area contributed by atoms with Crippen molar-refractivity contribution in [2.75, 3.05) is 30.9 Å². The van der Waals surface area contributed by atoms with Crippen molar-refractivity contribution in [3.05, 3.63) is 47.8 Å². The number of hydrogen-bond donors (Lipinski definition) is 2. The highest BCUT2D eigenvalue weighted by atomic mass is 16.5.